The molecule has 176 valence electrons. The first kappa shape index (κ1) is 27.0. The molecule has 0 spiro atoms. The Bertz CT molecular complexity index is 644. The zero-order chi connectivity index (χ0) is 23.1. The highest BCUT2D eigenvalue weighted by molar-refractivity contribution is 5.81. The molecule has 8 nitrogen and oxygen atoms in total. The Morgan fingerprint density at radius 2 is 1.61 bits per heavy atom. The highest BCUT2D eigenvalue weighted by Gasteiger charge is 2.12. The van der Waals surface area contributed by atoms with Gasteiger partial charge in [-0.1, -0.05) is 12.1 Å². The first-order chi connectivity index (χ1) is 14.7. The number of nitrogens with zero attached hydrogens (tertiary/aromatic N) is 1. The van der Waals surface area contributed by atoms with Gasteiger partial charge in [-0.25, -0.2) is 0 Å². The number of carbonyl (C=O) groups is 2. The lowest BCUT2D eigenvalue weighted by Gasteiger charge is -2.23. The molecule has 1 aromatic carbocycles. The summed E-state index contributed by atoms with van der Waals surface area (Å²) in [6, 6.07) is 7.47. The van der Waals surface area contributed by atoms with Crippen LogP contribution in [0.4, 0.5) is 0 Å². The van der Waals surface area contributed by atoms with Gasteiger partial charge in [0.05, 0.1) is 60.2 Å². The molecule has 0 heterocycles. The second-order valence-electron chi connectivity index (χ2n) is 8.49. The normalized spacial score (nSPS) is 12.4. The van der Waals surface area contributed by atoms with Crippen LogP contribution in [-0.2, 0) is 25.5 Å². The predicted molar refractivity (Wildman–Crippen MR) is 121 cm³/mol. The van der Waals surface area contributed by atoms with E-state index in [-0.39, 0.29) is 17.7 Å². The number of ether oxygens (including phenoxy) is 3. The van der Waals surface area contributed by atoms with Crippen molar-refractivity contribution in [2.45, 2.75) is 25.8 Å². The van der Waals surface area contributed by atoms with E-state index in [1.807, 2.05) is 24.3 Å². The Balaban J connectivity index is 2.06. The van der Waals surface area contributed by atoms with Crippen molar-refractivity contribution in [3.05, 3.63) is 29.8 Å². The number of benzene rings is 1. The minimum absolute atomic E-state index is 0.0627. The molecule has 0 aromatic heterocycles. The summed E-state index contributed by atoms with van der Waals surface area (Å²) in [6.45, 7) is 5.46. The number of amides is 1. The number of hydrogen-bond donors (Lipinski definition) is 2. The Morgan fingerprint density at radius 3 is 2.19 bits per heavy atom. The Hall–Kier alpha value is -2.00. The first-order valence-corrected chi connectivity index (χ1v) is 10.8. The van der Waals surface area contributed by atoms with Crippen LogP contribution >= 0.6 is 0 Å². The van der Waals surface area contributed by atoms with Crippen LogP contribution in [0.1, 0.15) is 18.9 Å². The fourth-order valence-electron chi connectivity index (χ4n) is 2.68. The van der Waals surface area contributed by atoms with Gasteiger partial charge in [0.15, 0.2) is 0 Å². The first-order valence-electron chi connectivity index (χ1n) is 10.8. The van der Waals surface area contributed by atoms with Crippen LogP contribution in [0, 0.1) is 0 Å². The van der Waals surface area contributed by atoms with Gasteiger partial charge in [0, 0.05) is 6.42 Å². The summed E-state index contributed by atoms with van der Waals surface area (Å²) < 4.78 is 17.4. The van der Waals surface area contributed by atoms with E-state index in [0.717, 1.165) is 22.3 Å². The zero-order valence-corrected chi connectivity index (χ0v) is 19.7. The van der Waals surface area contributed by atoms with Crippen molar-refractivity contribution in [1.82, 2.24) is 10.6 Å². The van der Waals surface area contributed by atoms with Crippen molar-refractivity contribution in [3.63, 3.8) is 0 Å². The molecule has 8 heteroatoms. The maximum atomic E-state index is 11.8. The molecule has 0 radical (unpaired) electrons. The Morgan fingerprint density at radius 1 is 0.968 bits per heavy atom. The molecule has 0 saturated heterocycles. The number of hydrogen-bond acceptors (Lipinski definition) is 6. The van der Waals surface area contributed by atoms with Gasteiger partial charge in [0.1, 0.15) is 24.7 Å². The third kappa shape index (κ3) is 13.8. The lowest BCUT2D eigenvalue weighted by Crippen LogP contribution is -2.37. The summed E-state index contributed by atoms with van der Waals surface area (Å²) in [5.74, 6) is 0.787. The summed E-state index contributed by atoms with van der Waals surface area (Å²) in [4.78, 5) is 23.3. The molecule has 0 aliphatic carbocycles. The highest BCUT2D eigenvalue weighted by Crippen LogP contribution is 2.13. The summed E-state index contributed by atoms with van der Waals surface area (Å²) >= 11 is 0. The summed E-state index contributed by atoms with van der Waals surface area (Å²) in [5.41, 5.74) is 1.06. The quantitative estimate of drug-likeness (QED) is 0.279. The van der Waals surface area contributed by atoms with Crippen LogP contribution in [0.3, 0.4) is 0 Å². The number of ketones is 1. The predicted octanol–water partition coefficient (Wildman–Crippen LogP) is 1.03. The van der Waals surface area contributed by atoms with E-state index < -0.39 is 0 Å². The molecule has 1 amide bonds. The molecular formula is C23H40N3O5+. The van der Waals surface area contributed by atoms with Crippen molar-refractivity contribution >= 4 is 11.7 Å². The largest absolute Gasteiger partial charge is 0.492 e. The number of rotatable bonds is 17. The van der Waals surface area contributed by atoms with E-state index in [4.69, 9.17) is 14.2 Å². The number of Topliss-reactive ketones (excluding diaryl/α,β-unsaturated/α-hetero) is 1. The number of carbonyl (C=O) groups excluding carboxylic acids is 2. The van der Waals surface area contributed by atoms with E-state index in [0.29, 0.717) is 52.4 Å². The smallest absolute Gasteiger partial charge is 0.222 e. The maximum absolute atomic E-state index is 11.8. The molecule has 0 fully saturated rings. The van der Waals surface area contributed by atoms with Crippen LogP contribution < -0.4 is 15.4 Å². The second-order valence-corrected chi connectivity index (χ2v) is 8.49. The number of likely N-dealkylation sites (N-methyl/N-ethyl adjacent to an activating group) is 2. The van der Waals surface area contributed by atoms with E-state index in [2.05, 4.69) is 31.8 Å². The van der Waals surface area contributed by atoms with Crippen LogP contribution in [0.5, 0.6) is 5.75 Å². The van der Waals surface area contributed by atoms with Crippen molar-refractivity contribution in [2.75, 3.05) is 74.3 Å². The van der Waals surface area contributed by atoms with E-state index in [1.165, 1.54) is 0 Å². The van der Waals surface area contributed by atoms with Crippen molar-refractivity contribution < 1.29 is 28.3 Å². The SMILES string of the molecule is CNC(Cc1ccc(OCCNC(=O)CCOCCOCC[N+](C)(C)C)cc1)C(C)=O. The van der Waals surface area contributed by atoms with Gasteiger partial charge in [-0.05, 0) is 38.1 Å². The molecule has 2 N–H and O–H groups in total. The molecule has 31 heavy (non-hydrogen) atoms. The highest BCUT2D eigenvalue weighted by atomic mass is 16.5. The molecule has 0 aliphatic heterocycles. The van der Waals surface area contributed by atoms with Gasteiger partial charge in [0.2, 0.25) is 5.91 Å². The lowest BCUT2D eigenvalue weighted by atomic mass is 10.0. The molecule has 1 aromatic rings. The van der Waals surface area contributed by atoms with Crippen LogP contribution in [0.15, 0.2) is 24.3 Å². The maximum Gasteiger partial charge on any atom is 0.222 e. The summed E-state index contributed by atoms with van der Waals surface area (Å²) in [5, 5.41) is 5.83. The van der Waals surface area contributed by atoms with Crippen molar-refractivity contribution in [1.29, 1.82) is 0 Å². The molecule has 1 unspecified atom stereocenters. The molecule has 0 bridgehead atoms. The van der Waals surface area contributed by atoms with Crippen molar-refractivity contribution in [3.8, 4) is 5.75 Å². The van der Waals surface area contributed by atoms with Gasteiger partial charge in [0.25, 0.3) is 0 Å². The summed E-state index contributed by atoms with van der Waals surface area (Å²) in [7, 11) is 8.15. The minimum atomic E-state index is -0.175. The lowest BCUT2D eigenvalue weighted by molar-refractivity contribution is -0.870. The molecule has 1 rings (SSSR count). The average Bonchev–Trinajstić information content (AvgIpc) is 2.71. The minimum Gasteiger partial charge on any atom is -0.492 e. The van der Waals surface area contributed by atoms with Gasteiger partial charge < -0.3 is 29.3 Å². The number of quaternary nitrogens is 1. The average molecular weight is 439 g/mol. The van der Waals surface area contributed by atoms with Gasteiger partial charge in [-0.15, -0.1) is 0 Å². The van der Waals surface area contributed by atoms with Crippen LogP contribution in [0.25, 0.3) is 0 Å². The fourth-order valence-corrected chi connectivity index (χ4v) is 2.68. The number of nitrogens with one attached hydrogen (secondary N) is 2. The third-order valence-electron chi connectivity index (χ3n) is 4.65. The van der Waals surface area contributed by atoms with Gasteiger partial charge in [-0.3, -0.25) is 9.59 Å². The fraction of sp³-hybridized carbons (Fsp3) is 0.652. The summed E-state index contributed by atoms with van der Waals surface area (Å²) in [6.07, 6.45) is 0.961. The molecule has 0 saturated carbocycles. The van der Waals surface area contributed by atoms with Crippen molar-refractivity contribution in [2.24, 2.45) is 0 Å². The Kier molecular flexibility index (Phi) is 13.0. The molecule has 1 atom stereocenters. The van der Waals surface area contributed by atoms with E-state index in [9.17, 15) is 9.59 Å². The van der Waals surface area contributed by atoms with E-state index >= 15 is 0 Å². The monoisotopic (exact) mass is 438 g/mol. The second kappa shape index (κ2) is 14.9. The van der Waals surface area contributed by atoms with E-state index in [1.54, 1.807) is 14.0 Å². The van der Waals surface area contributed by atoms with Crippen LogP contribution in [-0.4, -0.2) is 96.5 Å². The topological polar surface area (TPSA) is 85.9 Å². The van der Waals surface area contributed by atoms with Crippen LogP contribution in [0.2, 0.25) is 0 Å². The standard InChI is InChI=1S/C23H39N3O5/c1-19(27)22(24-2)18-20-6-8-21(9-7-20)31-14-11-25-23(28)10-13-29-16-17-30-15-12-26(3,4)5/h6-9,22,24H,10-18H2,1-5H3/p+1. The third-order valence-corrected chi connectivity index (χ3v) is 4.65. The molecular weight excluding hydrogens is 398 g/mol. The van der Waals surface area contributed by atoms with Gasteiger partial charge >= 0.3 is 0 Å². The molecule has 0 aliphatic rings. The zero-order valence-electron chi connectivity index (χ0n) is 19.7. The Labute approximate surface area is 186 Å². The van der Waals surface area contributed by atoms with Gasteiger partial charge in [-0.2, -0.15) is 0 Å².